The van der Waals surface area contributed by atoms with Gasteiger partial charge in [0.1, 0.15) is 11.1 Å². The van der Waals surface area contributed by atoms with E-state index in [0.717, 1.165) is 16.8 Å². The number of hydrogen-bond donors (Lipinski definition) is 0. The van der Waals surface area contributed by atoms with Gasteiger partial charge in [-0.2, -0.15) is 5.26 Å². The Labute approximate surface area is 160 Å². The summed E-state index contributed by atoms with van der Waals surface area (Å²) in [5.41, 5.74) is 3.10. The van der Waals surface area contributed by atoms with Crippen molar-refractivity contribution < 1.29 is 9.47 Å². The van der Waals surface area contributed by atoms with Gasteiger partial charge in [0.2, 0.25) is 0 Å². The molecule has 6 heteroatoms. The highest BCUT2D eigenvalue weighted by atomic mass is 35.5. The third-order valence-electron chi connectivity index (χ3n) is 3.71. The topological polar surface area (TPSA) is 55.1 Å². The Kier molecular flexibility index (Phi) is 5.57. The molecule has 0 unspecified atom stereocenters. The number of rotatable bonds is 5. The molecule has 0 fully saturated rings. The summed E-state index contributed by atoms with van der Waals surface area (Å²) in [4.78, 5) is 4.58. The quantitative estimate of drug-likeness (QED) is 0.543. The first-order valence-corrected chi connectivity index (χ1v) is 8.96. The van der Waals surface area contributed by atoms with Crippen LogP contribution in [-0.4, -0.2) is 19.2 Å². The van der Waals surface area contributed by atoms with E-state index in [2.05, 4.69) is 11.1 Å². The standard InChI is InChI=1S/C20H15ClN2O2S/c1-24-18-8-3-13(10-19(18)25-2)9-15(11-22)20-23-17(12-26-20)14-4-6-16(21)7-5-14/h3-10,12H,1-2H3/b15-9-. The van der Waals surface area contributed by atoms with Crippen molar-refractivity contribution in [3.05, 3.63) is 63.4 Å². The van der Waals surface area contributed by atoms with Gasteiger partial charge in [0.05, 0.1) is 25.5 Å². The van der Waals surface area contributed by atoms with Gasteiger partial charge in [-0.05, 0) is 35.9 Å². The maximum Gasteiger partial charge on any atom is 0.161 e. The molecule has 3 aromatic rings. The van der Waals surface area contributed by atoms with Gasteiger partial charge in [-0.15, -0.1) is 11.3 Å². The van der Waals surface area contributed by atoms with E-state index in [1.165, 1.54) is 11.3 Å². The summed E-state index contributed by atoms with van der Waals surface area (Å²) < 4.78 is 10.5. The van der Waals surface area contributed by atoms with Crippen LogP contribution in [0.3, 0.4) is 0 Å². The minimum absolute atomic E-state index is 0.488. The second kappa shape index (κ2) is 8.05. The van der Waals surface area contributed by atoms with Gasteiger partial charge in [0, 0.05) is 16.0 Å². The van der Waals surface area contributed by atoms with Crippen molar-refractivity contribution in [2.75, 3.05) is 14.2 Å². The molecule has 0 saturated heterocycles. The van der Waals surface area contributed by atoms with Crippen molar-refractivity contribution in [1.29, 1.82) is 5.26 Å². The lowest BCUT2D eigenvalue weighted by molar-refractivity contribution is 0.355. The Balaban J connectivity index is 1.93. The molecule has 0 bridgehead atoms. The summed E-state index contributed by atoms with van der Waals surface area (Å²) in [5, 5.41) is 12.8. The van der Waals surface area contributed by atoms with Gasteiger partial charge in [0.25, 0.3) is 0 Å². The Morgan fingerprint density at radius 3 is 2.50 bits per heavy atom. The van der Waals surface area contributed by atoms with E-state index in [4.69, 9.17) is 21.1 Å². The molecule has 0 aliphatic heterocycles. The molecule has 1 aromatic heterocycles. The lowest BCUT2D eigenvalue weighted by Gasteiger charge is -2.07. The number of methoxy groups -OCH3 is 2. The van der Waals surface area contributed by atoms with E-state index in [0.29, 0.717) is 27.1 Å². The first kappa shape index (κ1) is 18.0. The molecular weight excluding hydrogens is 368 g/mol. The smallest absolute Gasteiger partial charge is 0.161 e. The predicted octanol–water partition coefficient (Wildman–Crippen LogP) is 5.54. The molecule has 0 spiro atoms. The summed E-state index contributed by atoms with van der Waals surface area (Å²) >= 11 is 7.35. The molecule has 130 valence electrons. The molecule has 0 aliphatic rings. The lowest BCUT2D eigenvalue weighted by Crippen LogP contribution is -1.91. The highest BCUT2D eigenvalue weighted by molar-refractivity contribution is 7.11. The number of halogens is 1. The van der Waals surface area contributed by atoms with E-state index in [1.54, 1.807) is 26.4 Å². The molecule has 4 nitrogen and oxygen atoms in total. The molecule has 0 N–H and O–H groups in total. The van der Waals surface area contributed by atoms with Crippen LogP contribution in [0.25, 0.3) is 22.9 Å². The van der Waals surface area contributed by atoms with Gasteiger partial charge in [0.15, 0.2) is 11.5 Å². The van der Waals surface area contributed by atoms with E-state index in [9.17, 15) is 5.26 Å². The first-order valence-electron chi connectivity index (χ1n) is 7.70. The Bertz CT molecular complexity index is 988. The fourth-order valence-electron chi connectivity index (χ4n) is 2.40. The molecule has 1 heterocycles. The van der Waals surface area contributed by atoms with E-state index < -0.39 is 0 Å². The fourth-order valence-corrected chi connectivity index (χ4v) is 3.32. The monoisotopic (exact) mass is 382 g/mol. The van der Waals surface area contributed by atoms with Crippen molar-refractivity contribution in [2.24, 2.45) is 0 Å². The SMILES string of the molecule is COc1ccc(/C=C(/C#N)c2nc(-c3ccc(Cl)cc3)cs2)cc1OC. The molecule has 0 radical (unpaired) electrons. The zero-order valence-electron chi connectivity index (χ0n) is 14.2. The van der Waals surface area contributed by atoms with Crippen LogP contribution in [0.15, 0.2) is 47.8 Å². The number of nitrogens with zero attached hydrogens (tertiary/aromatic N) is 2. The van der Waals surface area contributed by atoms with Crippen LogP contribution in [-0.2, 0) is 0 Å². The zero-order valence-corrected chi connectivity index (χ0v) is 15.8. The second-order valence-corrected chi connectivity index (χ2v) is 6.62. The molecule has 0 amide bonds. The van der Waals surface area contributed by atoms with Crippen molar-refractivity contribution in [3.63, 3.8) is 0 Å². The average Bonchev–Trinajstić information content (AvgIpc) is 3.16. The number of aromatic nitrogens is 1. The Hall–Kier alpha value is -2.81. The molecule has 0 saturated carbocycles. The van der Waals surface area contributed by atoms with E-state index in [1.807, 2.05) is 41.8 Å². The van der Waals surface area contributed by atoms with Crippen molar-refractivity contribution in [2.45, 2.75) is 0 Å². The molecule has 2 aromatic carbocycles. The summed E-state index contributed by atoms with van der Waals surface area (Å²) in [7, 11) is 3.16. The maximum atomic E-state index is 9.56. The summed E-state index contributed by atoms with van der Waals surface area (Å²) in [6, 6.07) is 15.2. The Morgan fingerprint density at radius 2 is 1.85 bits per heavy atom. The number of hydrogen-bond acceptors (Lipinski definition) is 5. The normalized spacial score (nSPS) is 11.1. The van der Waals surface area contributed by atoms with Crippen molar-refractivity contribution in [1.82, 2.24) is 4.98 Å². The van der Waals surface area contributed by atoms with Crippen LogP contribution in [0, 0.1) is 11.3 Å². The van der Waals surface area contributed by atoms with Gasteiger partial charge in [-0.25, -0.2) is 4.98 Å². The number of thiazole rings is 1. The summed E-state index contributed by atoms with van der Waals surface area (Å²) in [6.07, 6.45) is 1.78. The summed E-state index contributed by atoms with van der Waals surface area (Å²) in [5.74, 6) is 1.25. The molecule has 3 rings (SSSR count). The van der Waals surface area contributed by atoms with Gasteiger partial charge in [-0.1, -0.05) is 29.8 Å². The molecule has 0 atom stereocenters. The van der Waals surface area contributed by atoms with E-state index in [-0.39, 0.29) is 0 Å². The summed E-state index contributed by atoms with van der Waals surface area (Å²) in [6.45, 7) is 0. The van der Waals surface area contributed by atoms with Gasteiger partial charge in [-0.3, -0.25) is 0 Å². The van der Waals surface area contributed by atoms with Crippen LogP contribution in [0.2, 0.25) is 5.02 Å². The van der Waals surface area contributed by atoms with Crippen molar-refractivity contribution in [3.8, 4) is 28.8 Å². The van der Waals surface area contributed by atoms with Crippen LogP contribution >= 0.6 is 22.9 Å². The maximum absolute atomic E-state index is 9.56. The number of nitriles is 1. The minimum Gasteiger partial charge on any atom is -0.493 e. The van der Waals surface area contributed by atoms with Crippen LogP contribution < -0.4 is 9.47 Å². The first-order chi connectivity index (χ1) is 12.6. The number of allylic oxidation sites excluding steroid dienone is 1. The number of benzene rings is 2. The second-order valence-electron chi connectivity index (χ2n) is 5.33. The highest BCUT2D eigenvalue weighted by Crippen LogP contribution is 2.31. The molecule has 0 aliphatic carbocycles. The third kappa shape index (κ3) is 3.88. The lowest BCUT2D eigenvalue weighted by atomic mass is 10.1. The average molecular weight is 383 g/mol. The fraction of sp³-hybridized carbons (Fsp3) is 0.100. The van der Waals surface area contributed by atoms with Crippen LogP contribution in [0.4, 0.5) is 0 Å². The van der Waals surface area contributed by atoms with Gasteiger partial charge < -0.3 is 9.47 Å². The highest BCUT2D eigenvalue weighted by Gasteiger charge is 2.10. The molecular formula is C20H15ClN2O2S. The zero-order chi connectivity index (χ0) is 18.5. The van der Waals surface area contributed by atoms with Gasteiger partial charge >= 0.3 is 0 Å². The molecule has 26 heavy (non-hydrogen) atoms. The largest absolute Gasteiger partial charge is 0.493 e. The van der Waals surface area contributed by atoms with E-state index >= 15 is 0 Å². The van der Waals surface area contributed by atoms with Crippen molar-refractivity contribution >= 4 is 34.6 Å². The van der Waals surface area contributed by atoms with Crippen LogP contribution in [0.1, 0.15) is 10.6 Å². The number of ether oxygens (including phenoxy) is 2. The van der Waals surface area contributed by atoms with Crippen LogP contribution in [0.5, 0.6) is 11.5 Å². The Morgan fingerprint density at radius 1 is 1.12 bits per heavy atom. The third-order valence-corrected chi connectivity index (χ3v) is 4.84. The predicted molar refractivity (Wildman–Crippen MR) is 106 cm³/mol. The minimum atomic E-state index is 0.488.